The smallest absolute Gasteiger partial charge is 0.336 e. The van der Waals surface area contributed by atoms with Gasteiger partial charge in [0.1, 0.15) is 28.9 Å². The summed E-state index contributed by atoms with van der Waals surface area (Å²) in [5, 5.41) is 11.6. The molecule has 0 unspecified atom stereocenters. The third kappa shape index (κ3) is 4.20. The predicted octanol–water partition coefficient (Wildman–Crippen LogP) is 7.83. The normalized spacial score (nSPS) is 12.1. The van der Waals surface area contributed by atoms with Gasteiger partial charge in [-0.25, -0.2) is 9.78 Å². The van der Waals surface area contributed by atoms with E-state index in [4.69, 9.17) is 17.2 Å². The highest BCUT2D eigenvalue weighted by atomic mass is 127. The maximum absolute atomic E-state index is 12.4. The number of nitrogens with zero attached hydrogens (tertiary/aromatic N) is 1. The lowest BCUT2D eigenvalue weighted by Gasteiger charge is -2.19. The summed E-state index contributed by atoms with van der Waals surface area (Å²) in [6.45, 7) is 5.79. The molecule has 0 amide bonds. The van der Waals surface area contributed by atoms with Crippen LogP contribution >= 0.6 is 23.0 Å². The van der Waals surface area contributed by atoms with Crippen molar-refractivity contribution in [1.29, 1.82) is 0 Å². The van der Waals surface area contributed by atoms with Gasteiger partial charge in [-0.1, -0.05) is 36.4 Å². The van der Waals surface area contributed by atoms with Gasteiger partial charge in [0.15, 0.2) is 28.8 Å². The van der Waals surface area contributed by atoms with E-state index < -0.39 is 5.97 Å². The number of fused-ring (bicyclic) bond motifs is 2. The van der Waals surface area contributed by atoms with Gasteiger partial charge >= 0.3 is 5.97 Å². The second-order valence-electron chi connectivity index (χ2n) is 8.42. The van der Waals surface area contributed by atoms with E-state index >= 15 is 0 Å². The fourth-order valence-electron chi connectivity index (χ4n) is 4.29. The predicted molar refractivity (Wildman–Crippen MR) is 144 cm³/mol. The fraction of sp³-hybridized carbons (Fsp3) is 0.143. The highest BCUT2D eigenvalue weighted by molar-refractivity contribution is 14.1. The molecule has 0 aliphatic carbocycles. The number of para-hydroxylation sites is 1. The van der Waals surface area contributed by atoms with Crippen molar-refractivity contribution >= 4 is 50.8 Å². The second-order valence-corrected chi connectivity index (χ2v) is 8.86. The molecule has 0 bridgehead atoms. The van der Waals surface area contributed by atoms with Crippen LogP contribution in [0.25, 0.3) is 33.3 Å². The van der Waals surface area contributed by atoms with E-state index in [1.807, 2.05) is 98.4 Å². The number of carboxylic acid groups (broad SMARTS) is 1. The Kier molecular flexibility index (Phi) is 6.10. The Labute approximate surface area is 216 Å². The largest absolute Gasteiger partial charge is 0.485 e. The average Bonchev–Trinajstić information content (AvgIpc) is 3.21. The molecular formula is C28H22INO5. The molecule has 0 aliphatic rings. The van der Waals surface area contributed by atoms with Crippen LogP contribution < -0.4 is 7.80 Å². The molecule has 1 N–H and O–H groups in total. The molecular weight excluding hydrogens is 557 g/mol. The number of benzene rings is 3. The molecule has 0 saturated heterocycles. The molecule has 6 nitrogen and oxygen atoms in total. The number of halogens is 1. The second kappa shape index (κ2) is 9.22. The maximum atomic E-state index is 12.4. The number of aryl methyl sites for hydroxylation is 2. The Bertz CT molecular complexity index is 1570. The molecule has 3 aromatic carbocycles. The van der Waals surface area contributed by atoms with Gasteiger partial charge in [-0.3, -0.25) is 0 Å². The SMILES string of the molecule is Cc1c(-c2cc(C(=O)O)c3c(O[C@H](C)c4ccc(OI)cc4)ccc(C)c3n2)oc2ccccc12. The first-order valence-corrected chi connectivity index (χ1v) is 12.0. The quantitative estimate of drug-likeness (QED) is 0.207. The Morgan fingerprint density at radius 3 is 2.49 bits per heavy atom. The summed E-state index contributed by atoms with van der Waals surface area (Å²) in [5.41, 5.74) is 4.60. The van der Waals surface area contributed by atoms with E-state index in [1.165, 1.54) is 0 Å². The van der Waals surface area contributed by atoms with Crippen LogP contribution in [0.15, 0.2) is 71.1 Å². The summed E-state index contributed by atoms with van der Waals surface area (Å²) in [6, 6.07) is 20.6. The number of rotatable bonds is 6. The molecule has 0 fully saturated rings. The van der Waals surface area contributed by atoms with Gasteiger partial charge in [0.2, 0.25) is 0 Å². The third-order valence-corrected chi connectivity index (χ3v) is 6.68. The third-order valence-electron chi connectivity index (χ3n) is 6.17. The van der Waals surface area contributed by atoms with Crippen molar-refractivity contribution in [2.24, 2.45) is 0 Å². The van der Waals surface area contributed by atoms with Crippen LogP contribution in [0.4, 0.5) is 0 Å². The summed E-state index contributed by atoms with van der Waals surface area (Å²) in [7, 11) is 0. The molecule has 176 valence electrons. The van der Waals surface area contributed by atoms with Gasteiger partial charge < -0.3 is 17.3 Å². The standard InChI is InChI=1S/C28H22INO5/c1-15-8-13-24(33-17(3)18-9-11-19(35-29)12-10-18)25-21(28(31)32)14-22(30-26(15)25)27-16(2)20-6-4-5-7-23(20)34-27/h4-14,17H,1-3H3,(H,31,32)/t17-/m1/s1. The maximum Gasteiger partial charge on any atom is 0.336 e. The van der Waals surface area contributed by atoms with Gasteiger partial charge in [-0.05, 0) is 62.2 Å². The highest BCUT2D eigenvalue weighted by Crippen LogP contribution is 2.38. The molecule has 0 spiro atoms. The minimum Gasteiger partial charge on any atom is -0.485 e. The Morgan fingerprint density at radius 1 is 1.06 bits per heavy atom. The summed E-state index contributed by atoms with van der Waals surface area (Å²) >= 11 is 1.84. The van der Waals surface area contributed by atoms with Crippen LogP contribution in [0.2, 0.25) is 0 Å². The number of carbonyl (C=O) groups is 1. The van der Waals surface area contributed by atoms with Crippen LogP contribution in [-0.2, 0) is 0 Å². The van der Waals surface area contributed by atoms with Crippen molar-refractivity contribution in [3.8, 4) is 23.0 Å². The van der Waals surface area contributed by atoms with Crippen molar-refractivity contribution in [1.82, 2.24) is 4.98 Å². The number of carboxylic acids is 1. The molecule has 2 aromatic heterocycles. The Hall–Kier alpha value is -3.59. The Morgan fingerprint density at radius 2 is 1.80 bits per heavy atom. The molecule has 0 saturated carbocycles. The summed E-state index contributed by atoms with van der Waals surface area (Å²) < 4.78 is 17.6. The van der Waals surface area contributed by atoms with Gasteiger partial charge in [-0.15, -0.1) is 0 Å². The molecule has 5 rings (SSSR count). The van der Waals surface area contributed by atoms with Crippen molar-refractivity contribution in [2.75, 3.05) is 0 Å². The van der Waals surface area contributed by atoms with Crippen LogP contribution in [0.5, 0.6) is 11.5 Å². The highest BCUT2D eigenvalue weighted by Gasteiger charge is 2.22. The fourth-order valence-corrected chi connectivity index (χ4v) is 4.59. The minimum atomic E-state index is -1.06. The molecule has 0 aliphatic heterocycles. The van der Waals surface area contributed by atoms with Gasteiger partial charge in [0.25, 0.3) is 0 Å². The van der Waals surface area contributed by atoms with E-state index in [1.54, 1.807) is 12.1 Å². The molecule has 7 heteroatoms. The van der Waals surface area contributed by atoms with E-state index in [0.717, 1.165) is 33.4 Å². The lowest BCUT2D eigenvalue weighted by atomic mass is 10.0. The summed E-state index contributed by atoms with van der Waals surface area (Å²) in [6.07, 6.45) is -0.317. The topological polar surface area (TPSA) is 81.8 Å². The number of furan rings is 1. The van der Waals surface area contributed by atoms with E-state index in [-0.39, 0.29) is 11.7 Å². The van der Waals surface area contributed by atoms with E-state index in [9.17, 15) is 9.90 Å². The number of hydrogen-bond acceptors (Lipinski definition) is 5. The number of aromatic carboxylic acids is 1. The van der Waals surface area contributed by atoms with Crippen molar-refractivity contribution in [3.63, 3.8) is 0 Å². The lowest BCUT2D eigenvalue weighted by molar-refractivity contribution is 0.0698. The molecule has 0 radical (unpaired) electrons. The lowest BCUT2D eigenvalue weighted by Crippen LogP contribution is -2.07. The number of pyridine rings is 1. The van der Waals surface area contributed by atoms with E-state index in [0.29, 0.717) is 28.1 Å². The van der Waals surface area contributed by atoms with Crippen LogP contribution in [0.3, 0.4) is 0 Å². The molecule has 35 heavy (non-hydrogen) atoms. The van der Waals surface area contributed by atoms with Gasteiger partial charge in [-0.2, -0.15) is 0 Å². The van der Waals surface area contributed by atoms with Gasteiger partial charge in [0, 0.05) is 10.9 Å². The number of aromatic nitrogens is 1. The van der Waals surface area contributed by atoms with Crippen LogP contribution in [-0.4, -0.2) is 16.1 Å². The molecule has 1 atom stereocenters. The first kappa shape index (κ1) is 23.2. The summed E-state index contributed by atoms with van der Waals surface area (Å²) in [5.74, 6) is 0.713. The number of hydrogen-bond donors (Lipinski definition) is 1. The van der Waals surface area contributed by atoms with Crippen LogP contribution in [0, 0.1) is 13.8 Å². The van der Waals surface area contributed by atoms with Gasteiger partial charge in [0.05, 0.1) is 16.5 Å². The van der Waals surface area contributed by atoms with Crippen molar-refractivity contribution < 1.29 is 22.1 Å². The first-order chi connectivity index (χ1) is 16.9. The summed E-state index contributed by atoms with van der Waals surface area (Å²) in [4.78, 5) is 17.3. The minimum absolute atomic E-state index is 0.115. The molecule has 2 heterocycles. The zero-order valence-electron chi connectivity index (χ0n) is 19.3. The number of ether oxygens (including phenoxy) is 1. The first-order valence-electron chi connectivity index (χ1n) is 11.1. The monoisotopic (exact) mass is 579 g/mol. The molecule has 5 aromatic rings. The average molecular weight is 579 g/mol. The van der Waals surface area contributed by atoms with Crippen molar-refractivity contribution in [3.05, 3.63) is 89.0 Å². The van der Waals surface area contributed by atoms with Crippen LogP contribution in [0.1, 0.15) is 40.1 Å². The zero-order valence-corrected chi connectivity index (χ0v) is 21.5. The van der Waals surface area contributed by atoms with Crippen molar-refractivity contribution in [2.45, 2.75) is 26.9 Å². The zero-order chi connectivity index (χ0) is 24.7. The Balaban J connectivity index is 1.65. The van der Waals surface area contributed by atoms with E-state index in [2.05, 4.69) is 0 Å².